The Labute approximate surface area is 140 Å². The lowest BCUT2D eigenvalue weighted by molar-refractivity contribution is 0.296. The number of aliphatic hydroxyl groups is 1. The van der Waals surface area contributed by atoms with Crippen LogP contribution in [-0.2, 0) is 6.42 Å². The molecule has 0 unspecified atom stereocenters. The molecule has 2 heterocycles. The van der Waals surface area contributed by atoms with Crippen molar-refractivity contribution in [2.75, 3.05) is 6.54 Å². The van der Waals surface area contributed by atoms with Gasteiger partial charge in [-0.25, -0.2) is 4.98 Å². The minimum Gasteiger partial charge on any atom is -0.510 e. The molecule has 3 rings (SSSR count). The summed E-state index contributed by atoms with van der Waals surface area (Å²) >= 11 is 1.48. The maximum Gasteiger partial charge on any atom is 0.135 e. The molecule has 23 heavy (non-hydrogen) atoms. The molecule has 5 heteroatoms. The standard InChI is InChI=1S/C18H21N3OS/c1-12-11-23-18(20-12)16-15(22)10-21(17(16)19)13(2)8-9-14-6-4-3-5-7-14/h3-7,11,13,19,22H,8-10H2,1-2H3/t13-/m1/s1. The number of nitrogens with one attached hydrogen (secondary N) is 1. The van der Waals surface area contributed by atoms with Gasteiger partial charge in [0, 0.05) is 17.1 Å². The molecule has 0 saturated carbocycles. The Morgan fingerprint density at radius 2 is 2.09 bits per heavy atom. The van der Waals surface area contributed by atoms with Crippen LogP contribution in [0.25, 0.3) is 5.57 Å². The average molecular weight is 327 g/mol. The number of rotatable bonds is 5. The number of thiazole rings is 1. The minimum atomic E-state index is 0.198. The fourth-order valence-electron chi connectivity index (χ4n) is 2.85. The third-order valence-corrected chi connectivity index (χ3v) is 5.17. The fraction of sp³-hybridized carbons (Fsp3) is 0.333. The number of aliphatic hydroxyl groups excluding tert-OH is 1. The number of aryl methyl sites for hydroxylation is 2. The number of hydrogen-bond acceptors (Lipinski definition) is 4. The molecule has 1 aliphatic heterocycles. The van der Waals surface area contributed by atoms with Gasteiger partial charge in [0.25, 0.3) is 0 Å². The zero-order valence-corrected chi connectivity index (χ0v) is 14.2. The highest BCUT2D eigenvalue weighted by molar-refractivity contribution is 7.11. The smallest absolute Gasteiger partial charge is 0.135 e. The van der Waals surface area contributed by atoms with Crippen LogP contribution in [-0.4, -0.2) is 33.4 Å². The lowest BCUT2D eigenvalue weighted by Gasteiger charge is -2.26. The molecule has 120 valence electrons. The summed E-state index contributed by atoms with van der Waals surface area (Å²) in [7, 11) is 0. The average Bonchev–Trinajstić information content (AvgIpc) is 3.09. The van der Waals surface area contributed by atoms with Gasteiger partial charge in [-0.3, -0.25) is 5.41 Å². The summed E-state index contributed by atoms with van der Waals surface area (Å²) in [6.07, 6.45) is 1.92. The Bertz CT molecular complexity index is 736. The quantitative estimate of drug-likeness (QED) is 0.871. The predicted molar refractivity (Wildman–Crippen MR) is 95.1 cm³/mol. The molecular weight excluding hydrogens is 306 g/mol. The molecule has 0 spiro atoms. The highest BCUT2D eigenvalue weighted by atomic mass is 32.1. The maximum absolute atomic E-state index is 10.3. The van der Waals surface area contributed by atoms with Gasteiger partial charge >= 0.3 is 0 Å². The first kappa shape index (κ1) is 15.7. The van der Waals surface area contributed by atoms with Gasteiger partial charge in [0.15, 0.2) is 0 Å². The van der Waals surface area contributed by atoms with Gasteiger partial charge < -0.3 is 10.0 Å². The van der Waals surface area contributed by atoms with E-state index in [4.69, 9.17) is 5.41 Å². The van der Waals surface area contributed by atoms with Gasteiger partial charge in [-0.05, 0) is 32.3 Å². The second-order valence-corrected chi connectivity index (χ2v) is 6.82. The van der Waals surface area contributed by atoms with Crippen molar-refractivity contribution in [3.05, 3.63) is 57.7 Å². The first-order chi connectivity index (χ1) is 11.1. The number of hydrogen-bond donors (Lipinski definition) is 2. The van der Waals surface area contributed by atoms with E-state index in [9.17, 15) is 5.11 Å². The van der Waals surface area contributed by atoms with Crippen molar-refractivity contribution < 1.29 is 5.11 Å². The van der Waals surface area contributed by atoms with Crippen molar-refractivity contribution in [3.63, 3.8) is 0 Å². The predicted octanol–water partition coefficient (Wildman–Crippen LogP) is 4.03. The second-order valence-electron chi connectivity index (χ2n) is 5.97. The fourth-order valence-corrected chi connectivity index (χ4v) is 3.71. The lowest BCUT2D eigenvalue weighted by Crippen LogP contribution is -2.35. The van der Waals surface area contributed by atoms with E-state index in [0.717, 1.165) is 23.5 Å². The Hall–Kier alpha value is -2.14. The third-order valence-electron chi connectivity index (χ3n) is 4.19. The minimum absolute atomic E-state index is 0.198. The summed E-state index contributed by atoms with van der Waals surface area (Å²) in [4.78, 5) is 6.38. The van der Waals surface area contributed by atoms with Crippen molar-refractivity contribution in [1.82, 2.24) is 9.88 Å². The van der Waals surface area contributed by atoms with Crippen molar-refractivity contribution in [3.8, 4) is 0 Å². The van der Waals surface area contributed by atoms with Crippen LogP contribution >= 0.6 is 11.3 Å². The Balaban J connectivity index is 1.67. The van der Waals surface area contributed by atoms with Crippen LogP contribution in [0.15, 0.2) is 41.5 Å². The molecule has 2 aromatic rings. The first-order valence-electron chi connectivity index (χ1n) is 7.80. The SMILES string of the molecule is Cc1csc(C2=C(O)CN([C@H](C)CCc3ccccc3)C2=N)n1. The molecule has 0 fully saturated rings. The molecule has 0 bridgehead atoms. The molecule has 1 aromatic heterocycles. The molecule has 1 aliphatic rings. The number of aromatic nitrogens is 1. The Kier molecular flexibility index (Phi) is 4.48. The number of amidine groups is 1. The van der Waals surface area contributed by atoms with E-state index >= 15 is 0 Å². The van der Waals surface area contributed by atoms with Gasteiger partial charge in [0.2, 0.25) is 0 Å². The van der Waals surface area contributed by atoms with Crippen LogP contribution in [0.5, 0.6) is 0 Å². The highest BCUT2D eigenvalue weighted by Crippen LogP contribution is 2.31. The Morgan fingerprint density at radius 1 is 1.35 bits per heavy atom. The van der Waals surface area contributed by atoms with Gasteiger partial charge in [0.05, 0.1) is 12.1 Å². The van der Waals surface area contributed by atoms with Crippen LogP contribution in [0, 0.1) is 12.3 Å². The summed E-state index contributed by atoms with van der Waals surface area (Å²) in [5, 5.41) is 21.4. The summed E-state index contributed by atoms with van der Waals surface area (Å²) in [5.74, 6) is 0.647. The van der Waals surface area contributed by atoms with Crippen LogP contribution < -0.4 is 0 Å². The monoisotopic (exact) mass is 327 g/mol. The molecule has 1 aromatic carbocycles. The van der Waals surface area contributed by atoms with Crippen LogP contribution in [0.1, 0.15) is 29.6 Å². The largest absolute Gasteiger partial charge is 0.510 e. The zero-order chi connectivity index (χ0) is 16.4. The molecule has 0 amide bonds. The molecule has 0 saturated heterocycles. The molecular formula is C18H21N3OS. The van der Waals surface area contributed by atoms with Crippen LogP contribution in [0.4, 0.5) is 0 Å². The van der Waals surface area contributed by atoms with Gasteiger partial charge in [-0.2, -0.15) is 0 Å². The third kappa shape index (κ3) is 3.29. The summed E-state index contributed by atoms with van der Waals surface area (Å²) in [5.41, 5.74) is 2.82. The molecule has 4 nitrogen and oxygen atoms in total. The molecule has 1 atom stereocenters. The van der Waals surface area contributed by atoms with E-state index in [-0.39, 0.29) is 11.8 Å². The van der Waals surface area contributed by atoms with Crippen molar-refractivity contribution >= 4 is 22.7 Å². The molecule has 0 aliphatic carbocycles. The van der Waals surface area contributed by atoms with Crippen LogP contribution in [0.3, 0.4) is 0 Å². The lowest BCUT2D eigenvalue weighted by atomic mass is 10.1. The van der Waals surface area contributed by atoms with Crippen molar-refractivity contribution in [2.45, 2.75) is 32.7 Å². The second kappa shape index (κ2) is 6.54. The van der Waals surface area contributed by atoms with E-state index in [2.05, 4.69) is 24.0 Å². The normalized spacial score (nSPS) is 16.3. The van der Waals surface area contributed by atoms with Crippen LogP contribution in [0.2, 0.25) is 0 Å². The number of nitrogens with zero attached hydrogens (tertiary/aromatic N) is 2. The maximum atomic E-state index is 10.3. The summed E-state index contributed by atoms with van der Waals surface area (Å²) in [6, 6.07) is 10.6. The van der Waals surface area contributed by atoms with E-state index in [1.807, 2.05) is 35.4 Å². The zero-order valence-electron chi connectivity index (χ0n) is 13.4. The molecule has 0 radical (unpaired) electrons. The van der Waals surface area contributed by atoms with Crippen molar-refractivity contribution in [1.29, 1.82) is 5.41 Å². The van der Waals surface area contributed by atoms with Gasteiger partial charge in [0.1, 0.15) is 16.6 Å². The molecule has 2 N–H and O–H groups in total. The van der Waals surface area contributed by atoms with E-state index < -0.39 is 0 Å². The van der Waals surface area contributed by atoms with E-state index in [1.54, 1.807) is 0 Å². The highest BCUT2D eigenvalue weighted by Gasteiger charge is 2.32. The number of benzene rings is 1. The van der Waals surface area contributed by atoms with E-state index in [1.165, 1.54) is 16.9 Å². The summed E-state index contributed by atoms with van der Waals surface area (Å²) < 4.78 is 0. The van der Waals surface area contributed by atoms with Crippen molar-refractivity contribution in [2.24, 2.45) is 0 Å². The van der Waals surface area contributed by atoms with E-state index in [0.29, 0.717) is 18.0 Å². The summed E-state index contributed by atoms with van der Waals surface area (Å²) in [6.45, 7) is 4.44. The topological polar surface area (TPSA) is 60.2 Å². The van der Waals surface area contributed by atoms with Gasteiger partial charge in [-0.15, -0.1) is 11.3 Å². The Morgan fingerprint density at radius 3 is 2.74 bits per heavy atom. The van der Waals surface area contributed by atoms with Gasteiger partial charge in [-0.1, -0.05) is 30.3 Å². The first-order valence-corrected chi connectivity index (χ1v) is 8.68.